The molecule has 0 aliphatic heterocycles. The lowest BCUT2D eigenvalue weighted by Gasteiger charge is -2.11. The van der Waals surface area contributed by atoms with E-state index in [-0.39, 0.29) is 11.9 Å². The molecule has 0 spiro atoms. The van der Waals surface area contributed by atoms with Crippen molar-refractivity contribution in [2.24, 2.45) is 0 Å². The third-order valence-electron chi connectivity index (χ3n) is 3.29. The van der Waals surface area contributed by atoms with Crippen molar-refractivity contribution in [3.8, 4) is 0 Å². The van der Waals surface area contributed by atoms with E-state index >= 15 is 0 Å². The first-order valence-electron chi connectivity index (χ1n) is 6.93. The molecule has 2 aromatic rings. The number of nitrogens with zero attached hydrogens (tertiary/aromatic N) is 4. The number of amides is 1. The van der Waals surface area contributed by atoms with Gasteiger partial charge in [-0.25, -0.2) is 0 Å². The predicted octanol–water partition coefficient (Wildman–Crippen LogP) is 1.92. The molecule has 1 atom stereocenters. The maximum absolute atomic E-state index is 12.3. The van der Waals surface area contributed by atoms with E-state index < -0.39 is 0 Å². The lowest BCUT2D eigenvalue weighted by Crippen LogP contribution is -2.27. The monoisotopic (exact) mass is 275 g/mol. The van der Waals surface area contributed by atoms with Gasteiger partial charge in [0.05, 0.1) is 23.0 Å². The minimum absolute atomic E-state index is 0.110. The molecule has 1 amide bonds. The summed E-state index contributed by atoms with van der Waals surface area (Å²) in [5.74, 6) is -0.110. The summed E-state index contributed by atoms with van der Waals surface area (Å²) in [6, 6.07) is 1.80. The summed E-state index contributed by atoms with van der Waals surface area (Å²) in [4.78, 5) is 12.3. The van der Waals surface area contributed by atoms with Gasteiger partial charge in [-0.1, -0.05) is 0 Å². The van der Waals surface area contributed by atoms with Crippen LogP contribution < -0.4 is 5.32 Å². The Morgan fingerprint density at radius 2 is 2.00 bits per heavy atom. The molecule has 0 bridgehead atoms. The number of hydrogen-bond acceptors (Lipinski definition) is 3. The Balaban J connectivity index is 2.08. The van der Waals surface area contributed by atoms with Gasteiger partial charge in [-0.15, -0.1) is 0 Å². The molecule has 0 aliphatic carbocycles. The highest BCUT2D eigenvalue weighted by Crippen LogP contribution is 2.12. The van der Waals surface area contributed by atoms with Crippen LogP contribution >= 0.6 is 0 Å². The van der Waals surface area contributed by atoms with Crippen LogP contribution in [0, 0.1) is 6.92 Å². The number of aryl methyl sites for hydroxylation is 3. The van der Waals surface area contributed by atoms with E-state index in [2.05, 4.69) is 15.5 Å². The molecule has 20 heavy (non-hydrogen) atoms. The van der Waals surface area contributed by atoms with Crippen LogP contribution in [-0.4, -0.2) is 25.5 Å². The second kappa shape index (κ2) is 5.90. The van der Waals surface area contributed by atoms with E-state index in [1.54, 1.807) is 10.9 Å². The minimum Gasteiger partial charge on any atom is -0.344 e. The largest absolute Gasteiger partial charge is 0.344 e. The van der Waals surface area contributed by atoms with Crippen molar-refractivity contribution in [1.29, 1.82) is 0 Å². The van der Waals surface area contributed by atoms with Gasteiger partial charge in [0.2, 0.25) is 0 Å². The first kappa shape index (κ1) is 14.3. The topological polar surface area (TPSA) is 64.7 Å². The third kappa shape index (κ3) is 2.89. The molecule has 0 saturated carbocycles. The fraction of sp³-hybridized carbons (Fsp3) is 0.500. The molecule has 0 radical (unpaired) electrons. The second-order valence-electron chi connectivity index (χ2n) is 4.78. The molecular weight excluding hydrogens is 254 g/mol. The molecule has 1 unspecified atom stereocenters. The number of hydrogen-bond donors (Lipinski definition) is 1. The lowest BCUT2D eigenvalue weighted by atomic mass is 10.2. The summed E-state index contributed by atoms with van der Waals surface area (Å²) in [6.45, 7) is 9.38. The Morgan fingerprint density at radius 3 is 2.55 bits per heavy atom. The Labute approximate surface area is 118 Å². The molecule has 0 fully saturated rings. The number of carbonyl (C=O) groups is 1. The van der Waals surface area contributed by atoms with Gasteiger partial charge in [0.25, 0.3) is 5.91 Å². The fourth-order valence-electron chi connectivity index (χ4n) is 2.04. The highest BCUT2D eigenvalue weighted by Gasteiger charge is 2.17. The highest BCUT2D eigenvalue weighted by atomic mass is 16.1. The summed E-state index contributed by atoms with van der Waals surface area (Å²) in [5, 5.41) is 11.6. The molecule has 0 aromatic carbocycles. The number of aromatic nitrogens is 4. The molecule has 6 nitrogen and oxygen atoms in total. The molecule has 1 N–H and O–H groups in total. The molecule has 2 heterocycles. The van der Waals surface area contributed by atoms with Gasteiger partial charge < -0.3 is 5.32 Å². The van der Waals surface area contributed by atoms with Gasteiger partial charge in [0, 0.05) is 25.5 Å². The smallest absolute Gasteiger partial charge is 0.255 e. The van der Waals surface area contributed by atoms with Gasteiger partial charge in [-0.05, 0) is 33.8 Å². The van der Waals surface area contributed by atoms with E-state index in [9.17, 15) is 4.79 Å². The molecule has 108 valence electrons. The predicted molar refractivity (Wildman–Crippen MR) is 76.4 cm³/mol. The number of rotatable bonds is 5. The van der Waals surface area contributed by atoms with Gasteiger partial charge in [-0.2, -0.15) is 10.2 Å². The zero-order valence-electron chi connectivity index (χ0n) is 12.4. The molecule has 0 aliphatic rings. The van der Waals surface area contributed by atoms with E-state index in [1.807, 2.05) is 44.6 Å². The molecule has 0 saturated heterocycles. The maximum Gasteiger partial charge on any atom is 0.255 e. The summed E-state index contributed by atoms with van der Waals surface area (Å²) < 4.78 is 3.61. The summed E-state index contributed by atoms with van der Waals surface area (Å²) >= 11 is 0. The Morgan fingerprint density at radius 1 is 1.30 bits per heavy atom. The van der Waals surface area contributed by atoms with E-state index in [0.717, 1.165) is 24.5 Å². The Kier molecular flexibility index (Phi) is 4.22. The normalized spacial score (nSPS) is 12.4. The van der Waals surface area contributed by atoms with E-state index in [4.69, 9.17) is 0 Å². The summed E-state index contributed by atoms with van der Waals surface area (Å²) in [6.07, 6.45) is 3.69. The standard InChI is InChI=1S/C14H21N5O/c1-5-18-8-7-13(17-18)11(4)15-14(20)12-9-19(6-2)16-10(12)3/h7-9,11H,5-6H2,1-4H3,(H,15,20). The van der Waals surface area contributed by atoms with Crippen molar-refractivity contribution in [1.82, 2.24) is 24.9 Å². The summed E-state index contributed by atoms with van der Waals surface area (Å²) in [7, 11) is 0. The lowest BCUT2D eigenvalue weighted by molar-refractivity contribution is 0.0938. The average Bonchev–Trinajstić information content (AvgIpc) is 3.04. The van der Waals surface area contributed by atoms with Crippen LogP contribution in [0.2, 0.25) is 0 Å². The molecule has 6 heteroatoms. The first-order valence-corrected chi connectivity index (χ1v) is 6.93. The molecule has 2 rings (SSSR count). The average molecular weight is 275 g/mol. The third-order valence-corrected chi connectivity index (χ3v) is 3.29. The van der Waals surface area contributed by atoms with Crippen LogP contribution in [0.15, 0.2) is 18.5 Å². The van der Waals surface area contributed by atoms with Gasteiger partial charge in [0.15, 0.2) is 0 Å². The van der Waals surface area contributed by atoms with Crippen LogP contribution in [0.25, 0.3) is 0 Å². The summed E-state index contributed by atoms with van der Waals surface area (Å²) in [5.41, 5.74) is 2.23. The molecular formula is C14H21N5O. The van der Waals surface area contributed by atoms with Crippen LogP contribution in [-0.2, 0) is 13.1 Å². The second-order valence-corrected chi connectivity index (χ2v) is 4.78. The fourth-order valence-corrected chi connectivity index (χ4v) is 2.04. The van der Waals surface area contributed by atoms with Crippen LogP contribution in [0.5, 0.6) is 0 Å². The Bertz CT molecular complexity index is 598. The van der Waals surface area contributed by atoms with Crippen molar-refractivity contribution in [3.05, 3.63) is 35.4 Å². The first-order chi connectivity index (χ1) is 9.55. The minimum atomic E-state index is -0.125. The van der Waals surface area contributed by atoms with E-state index in [0.29, 0.717) is 5.56 Å². The van der Waals surface area contributed by atoms with Crippen LogP contribution in [0.1, 0.15) is 48.6 Å². The number of carbonyl (C=O) groups excluding carboxylic acids is 1. The van der Waals surface area contributed by atoms with Gasteiger partial charge >= 0.3 is 0 Å². The van der Waals surface area contributed by atoms with Crippen LogP contribution in [0.3, 0.4) is 0 Å². The SMILES string of the molecule is CCn1ccc(C(C)NC(=O)c2cn(CC)nc2C)n1. The van der Waals surface area contributed by atoms with Crippen molar-refractivity contribution >= 4 is 5.91 Å². The van der Waals surface area contributed by atoms with Gasteiger partial charge in [-0.3, -0.25) is 14.2 Å². The van der Waals surface area contributed by atoms with Crippen molar-refractivity contribution in [2.75, 3.05) is 0 Å². The zero-order chi connectivity index (χ0) is 14.7. The zero-order valence-corrected chi connectivity index (χ0v) is 12.4. The van der Waals surface area contributed by atoms with Crippen molar-refractivity contribution in [3.63, 3.8) is 0 Å². The number of nitrogens with one attached hydrogen (secondary N) is 1. The molecule has 2 aromatic heterocycles. The maximum atomic E-state index is 12.3. The quantitative estimate of drug-likeness (QED) is 0.906. The Hall–Kier alpha value is -2.11. The van der Waals surface area contributed by atoms with E-state index in [1.165, 1.54) is 0 Å². The highest BCUT2D eigenvalue weighted by molar-refractivity contribution is 5.95. The van der Waals surface area contributed by atoms with Crippen molar-refractivity contribution < 1.29 is 4.79 Å². The van der Waals surface area contributed by atoms with Gasteiger partial charge in [0.1, 0.15) is 0 Å². The van der Waals surface area contributed by atoms with Crippen LogP contribution in [0.4, 0.5) is 0 Å². The van der Waals surface area contributed by atoms with Crippen molar-refractivity contribution in [2.45, 2.75) is 46.8 Å².